The van der Waals surface area contributed by atoms with E-state index in [0.717, 1.165) is 38.4 Å². The maximum atomic E-state index is 12.6. The smallest absolute Gasteiger partial charge is 0.317 e. The van der Waals surface area contributed by atoms with Crippen LogP contribution in [0.3, 0.4) is 0 Å². The van der Waals surface area contributed by atoms with Gasteiger partial charge in [-0.05, 0) is 36.0 Å². The largest absolute Gasteiger partial charge is 0.493 e. The van der Waals surface area contributed by atoms with E-state index in [1.165, 1.54) is 19.4 Å². The standard InChI is InChI=1S/C44H46N4O14/c1-56-28-8-7-26-34-29(15-22-5-3-2-4-6-22)59-30-17-25(58-43-36(54)35(53)40(55)44(62-43)10-12-47-42(45)41(44)60-32(52)18-31(50)51)16-24(20-48-19-23-9-11-46-27(23)21-48)33(30)39(34)61-37(26)38(28)57-14-13-49/h2-12,16-17,21,29,34-36,39-43,47,49,53-55H,13-15,18-20,45H2,1H3,(H,50,51)/p+1. The zero-order valence-electron chi connectivity index (χ0n) is 33.5. The van der Waals surface area contributed by atoms with Gasteiger partial charge >= 0.3 is 11.9 Å². The SMILES string of the molecule is COc1ccc2c(c1OCCO)OC1c3c(C[NH+]4C=C5N=CC=C5C4)cc(OC4OC5(C=CNC(N)C5OC(=O)CC(=O)O)C(O)C(O)C4O)cc3OC(Cc3ccccc3)C21. The van der Waals surface area contributed by atoms with Crippen LogP contribution >= 0.6 is 0 Å². The minimum absolute atomic E-state index is 0.00909. The van der Waals surface area contributed by atoms with Crippen LogP contribution < -0.4 is 39.6 Å². The van der Waals surface area contributed by atoms with Crippen molar-refractivity contribution in [2.45, 2.75) is 80.0 Å². The van der Waals surface area contributed by atoms with Crippen LogP contribution in [-0.4, -0.2) is 119 Å². The van der Waals surface area contributed by atoms with Crippen molar-refractivity contribution in [1.29, 1.82) is 0 Å². The first-order valence-corrected chi connectivity index (χ1v) is 20.3. The Hall–Kier alpha value is -5.99. The molecule has 0 radical (unpaired) electrons. The van der Waals surface area contributed by atoms with Gasteiger partial charge in [0, 0.05) is 41.0 Å². The molecule has 0 saturated carbocycles. The average Bonchev–Trinajstić information content (AvgIpc) is 3.97. The third-order valence-electron chi connectivity index (χ3n) is 12.0. The van der Waals surface area contributed by atoms with Crippen LogP contribution in [0.15, 0.2) is 95.4 Å². The molecule has 0 aromatic heterocycles. The van der Waals surface area contributed by atoms with E-state index in [4.69, 9.17) is 38.9 Å². The molecule has 62 heavy (non-hydrogen) atoms. The van der Waals surface area contributed by atoms with E-state index in [2.05, 4.69) is 10.3 Å². The number of methoxy groups -OCH3 is 1. The van der Waals surface area contributed by atoms with Crippen molar-refractivity contribution in [1.82, 2.24) is 5.32 Å². The van der Waals surface area contributed by atoms with Gasteiger partial charge in [0.15, 0.2) is 23.2 Å². The number of carboxylic acids is 1. The van der Waals surface area contributed by atoms with Crippen molar-refractivity contribution in [3.63, 3.8) is 0 Å². The summed E-state index contributed by atoms with van der Waals surface area (Å²) >= 11 is 0. The van der Waals surface area contributed by atoms with E-state index in [1.54, 1.807) is 18.3 Å². The topological polar surface area (TPSA) is 255 Å². The monoisotopic (exact) mass is 855 g/mol. The van der Waals surface area contributed by atoms with Crippen LogP contribution in [0.5, 0.6) is 28.7 Å². The van der Waals surface area contributed by atoms with Crippen LogP contribution in [-0.2, 0) is 32.0 Å². The van der Waals surface area contributed by atoms with Gasteiger partial charge in [-0.3, -0.25) is 19.5 Å². The number of esters is 1. The number of benzene rings is 3. The fraction of sp³-hybridized carbons (Fsp3) is 0.386. The third kappa shape index (κ3) is 7.42. The molecule has 0 aliphatic carbocycles. The number of carboxylic acid groups (broad SMARTS) is 1. The van der Waals surface area contributed by atoms with Gasteiger partial charge in [-0.15, -0.1) is 0 Å². The van der Waals surface area contributed by atoms with Gasteiger partial charge in [0.25, 0.3) is 0 Å². The van der Waals surface area contributed by atoms with Gasteiger partial charge in [0.2, 0.25) is 12.0 Å². The van der Waals surface area contributed by atoms with E-state index in [9.17, 15) is 35.1 Å². The molecular formula is C44H47N4O14+. The molecule has 6 aliphatic heterocycles. The van der Waals surface area contributed by atoms with Crippen molar-refractivity contribution in [2.24, 2.45) is 10.7 Å². The summed E-state index contributed by atoms with van der Waals surface area (Å²) in [6, 6.07) is 17.1. The first-order valence-electron chi connectivity index (χ1n) is 20.3. The van der Waals surface area contributed by atoms with Crippen LogP contribution in [0.25, 0.3) is 0 Å². The Balaban J connectivity index is 1.13. The average molecular weight is 856 g/mol. The van der Waals surface area contributed by atoms with Gasteiger partial charge in [0.1, 0.15) is 86.2 Å². The van der Waals surface area contributed by atoms with Gasteiger partial charge in [0.05, 0.1) is 19.6 Å². The highest BCUT2D eigenvalue weighted by Gasteiger charge is 2.61. The van der Waals surface area contributed by atoms with Crippen LogP contribution in [0.1, 0.15) is 40.7 Å². The van der Waals surface area contributed by atoms with E-state index in [-0.39, 0.29) is 24.9 Å². The molecule has 11 atom stereocenters. The molecule has 6 aliphatic rings. The lowest BCUT2D eigenvalue weighted by Crippen LogP contribution is -3.04. The number of quaternary nitrogens is 1. The quantitative estimate of drug-likeness (QED) is 0.0824. The van der Waals surface area contributed by atoms with E-state index in [0.29, 0.717) is 42.5 Å². The lowest BCUT2D eigenvalue weighted by molar-refractivity contribution is -0.851. The van der Waals surface area contributed by atoms with Crippen molar-refractivity contribution in [3.8, 4) is 28.7 Å². The summed E-state index contributed by atoms with van der Waals surface area (Å²) in [5.74, 6) is -1.10. The summed E-state index contributed by atoms with van der Waals surface area (Å²) in [6.07, 6.45) is -3.35. The molecule has 9 rings (SSSR count). The summed E-state index contributed by atoms with van der Waals surface area (Å²) in [5, 5.41) is 55.8. The van der Waals surface area contributed by atoms with Gasteiger partial charge in [-0.25, -0.2) is 0 Å². The lowest BCUT2D eigenvalue weighted by atomic mass is 9.79. The molecule has 18 nitrogen and oxygen atoms in total. The number of hydrogen-bond acceptors (Lipinski definition) is 16. The van der Waals surface area contributed by atoms with E-state index < -0.39 is 73.0 Å². The lowest BCUT2D eigenvalue weighted by Gasteiger charge is -2.52. The molecule has 0 amide bonds. The third-order valence-corrected chi connectivity index (χ3v) is 12.0. The number of ether oxygens (including phenoxy) is 7. The van der Waals surface area contributed by atoms with Crippen molar-refractivity contribution < 1.29 is 73.2 Å². The molecule has 1 fully saturated rings. The number of aliphatic carboxylic acids is 1. The highest BCUT2D eigenvalue weighted by atomic mass is 16.7. The fourth-order valence-corrected chi connectivity index (χ4v) is 9.21. The van der Waals surface area contributed by atoms with Crippen LogP contribution in [0.2, 0.25) is 0 Å². The molecule has 18 heteroatoms. The normalized spacial score (nSPS) is 31.0. The molecule has 1 spiro atoms. The summed E-state index contributed by atoms with van der Waals surface area (Å²) in [6.45, 7) is 0.844. The number of hydrogen-bond donors (Lipinski definition) is 8. The number of carbonyl (C=O) groups excluding carboxylic acids is 1. The molecule has 1 saturated heterocycles. The number of allylic oxidation sites excluding steroid dienone is 1. The minimum atomic E-state index is -2.10. The second kappa shape index (κ2) is 16.7. The number of aliphatic hydroxyl groups excluding tert-OH is 4. The van der Waals surface area contributed by atoms with Crippen LogP contribution in [0, 0.1) is 0 Å². The maximum Gasteiger partial charge on any atom is 0.317 e. The molecule has 9 N–H and O–H groups in total. The highest BCUT2D eigenvalue weighted by molar-refractivity contribution is 5.90. The van der Waals surface area contributed by atoms with Gasteiger partial charge in [-0.2, -0.15) is 0 Å². The zero-order valence-corrected chi connectivity index (χ0v) is 33.5. The predicted molar refractivity (Wildman–Crippen MR) is 216 cm³/mol. The zero-order chi connectivity index (χ0) is 43.3. The highest BCUT2D eigenvalue weighted by Crippen LogP contribution is 2.59. The van der Waals surface area contributed by atoms with E-state index >= 15 is 0 Å². The first kappa shape index (κ1) is 41.4. The second-order valence-electron chi connectivity index (χ2n) is 15.9. The van der Waals surface area contributed by atoms with Crippen molar-refractivity contribution in [2.75, 3.05) is 26.9 Å². The Morgan fingerprint density at radius 3 is 2.66 bits per heavy atom. The molecule has 326 valence electrons. The number of carbonyl (C=O) groups is 2. The number of rotatable bonds is 13. The second-order valence-corrected chi connectivity index (χ2v) is 15.9. The number of nitrogens with zero attached hydrogens (tertiary/aromatic N) is 1. The Labute approximate surface area is 355 Å². The Morgan fingerprint density at radius 1 is 1.08 bits per heavy atom. The fourth-order valence-electron chi connectivity index (χ4n) is 9.21. The molecule has 11 unspecified atom stereocenters. The number of aliphatic imine (C=N–C) groups is 1. The molecule has 6 heterocycles. The number of nitrogens with one attached hydrogen (secondary N) is 2. The predicted octanol–water partition coefficient (Wildman–Crippen LogP) is -0.117. The molecule has 0 bridgehead atoms. The molecule has 3 aromatic rings. The number of nitrogens with two attached hydrogens (primary N) is 1. The van der Waals surface area contributed by atoms with E-state index in [1.807, 2.05) is 54.7 Å². The summed E-state index contributed by atoms with van der Waals surface area (Å²) in [5.41, 5.74) is 9.49. The Kier molecular flexibility index (Phi) is 11.1. The van der Waals surface area contributed by atoms with Gasteiger partial charge in [-0.1, -0.05) is 36.4 Å². The first-order chi connectivity index (χ1) is 30.0. The van der Waals surface area contributed by atoms with Crippen molar-refractivity contribution in [3.05, 3.63) is 113 Å². The number of aliphatic hydroxyl groups is 4. The number of fused-ring (bicyclic) bond motifs is 6. The summed E-state index contributed by atoms with van der Waals surface area (Å²) < 4.78 is 43.8. The summed E-state index contributed by atoms with van der Waals surface area (Å²) in [4.78, 5) is 29.5. The Bertz CT molecular complexity index is 2350. The summed E-state index contributed by atoms with van der Waals surface area (Å²) in [7, 11) is 1.53. The maximum absolute atomic E-state index is 12.6. The minimum Gasteiger partial charge on any atom is -0.493 e. The van der Waals surface area contributed by atoms with Crippen LogP contribution in [0.4, 0.5) is 0 Å². The Morgan fingerprint density at radius 2 is 1.90 bits per heavy atom. The van der Waals surface area contributed by atoms with Crippen molar-refractivity contribution >= 4 is 18.2 Å². The molecule has 3 aromatic carbocycles. The van der Waals surface area contributed by atoms with Gasteiger partial charge < -0.3 is 69.7 Å². The molecular weight excluding hydrogens is 808 g/mol.